The maximum Gasteiger partial charge on any atom is 0.337 e. The maximum atomic E-state index is 12.5. The first-order valence-corrected chi connectivity index (χ1v) is 7.43. The minimum absolute atomic E-state index is 0.0477. The van der Waals surface area contributed by atoms with Crippen molar-refractivity contribution in [1.29, 1.82) is 0 Å². The van der Waals surface area contributed by atoms with Gasteiger partial charge in [0.15, 0.2) is 0 Å². The summed E-state index contributed by atoms with van der Waals surface area (Å²) in [5.41, 5.74) is 1.25. The molecule has 0 spiro atoms. The molecule has 0 heterocycles. The Kier molecular flexibility index (Phi) is 4.66. The number of carbonyl (C=O) groups excluding carboxylic acids is 2. The van der Waals surface area contributed by atoms with Gasteiger partial charge in [0.2, 0.25) is 5.91 Å². The molecule has 1 aromatic rings. The second-order valence-electron chi connectivity index (χ2n) is 6.35. The summed E-state index contributed by atoms with van der Waals surface area (Å²) in [4.78, 5) is 23.8. The zero-order chi connectivity index (χ0) is 15.5. The summed E-state index contributed by atoms with van der Waals surface area (Å²) in [5, 5.41) is 2.96. The Hall–Kier alpha value is -1.84. The lowest BCUT2D eigenvalue weighted by Crippen LogP contribution is -2.37. The van der Waals surface area contributed by atoms with E-state index >= 15 is 0 Å². The van der Waals surface area contributed by atoms with Gasteiger partial charge in [-0.3, -0.25) is 4.79 Å². The van der Waals surface area contributed by atoms with E-state index in [2.05, 4.69) is 23.9 Å². The van der Waals surface area contributed by atoms with Gasteiger partial charge in [-0.1, -0.05) is 26.7 Å². The van der Waals surface area contributed by atoms with Gasteiger partial charge in [-0.05, 0) is 42.5 Å². The Morgan fingerprint density at radius 3 is 2.43 bits per heavy atom. The molecule has 1 aromatic carbocycles. The highest BCUT2D eigenvalue weighted by Gasteiger charge is 2.37. The maximum absolute atomic E-state index is 12.5. The van der Waals surface area contributed by atoms with Crippen molar-refractivity contribution in [2.24, 2.45) is 11.3 Å². The molecule has 1 fully saturated rings. The second kappa shape index (κ2) is 6.29. The third-order valence-corrected chi connectivity index (χ3v) is 4.40. The zero-order valence-electron chi connectivity index (χ0n) is 12.9. The van der Waals surface area contributed by atoms with Gasteiger partial charge in [0.05, 0.1) is 12.7 Å². The molecule has 1 aliphatic carbocycles. The van der Waals surface area contributed by atoms with Gasteiger partial charge in [-0.15, -0.1) is 0 Å². The number of hydrogen-bond acceptors (Lipinski definition) is 3. The molecule has 1 N–H and O–H groups in total. The molecule has 1 aliphatic rings. The lowest BCUT2D eigenvalue weighted by Gasteiger charge is -2.37. The van der Waals surface area contributed by atoms with Crippen molar-refractivity contribution in [2.45, 2.75) is 39.5 Å². The van der Waals surface area contributed by atoms with E-state index in [4.69, 9.17) is 0 Å². The SMILES string of the molecule is COC(=O)c1ccc(NC(=O)C2CCCCC2(C)C)cc1. The highest BCUT2D eigenvalue weighted by Crippen LogP contribution is 2.41. The fourth-order valence-corrected chi connectivity index (χ4v) is 3.02. The van der Waals surface area contributed by atoms with Crippen molar-refractivity contribution in [3.63, 3.8) is 0 Å². The summed E-state index contributed by atoms with van der Waals surface area (Å²) in [6.07, 6.45) is 4.35. The molecule has 0 aliphatic heterocycles. The summed E-state index contributed by atoms with van der Waals surface area (Å²) < 4.78 is 4.65. The number of rotatable bonds is 3. The fourth-order valence-electron chi connectivity index (χ4n) is 3.02. The van der Waals surface area contributed by atoms with Crippen molar-refractivity contribution in [3.05, 3.63) is 29.8 Å². The van der Waals surface area contributed by atoms with Crippen LogP contribution in [0, 0.1) is 11.3 Å². The number of ether oxygens (including phenoxy) is 1. The first-order chi connectivity index (χ1) is 9.94. The Labute approximate surface area is 125 Å². The molecule has 1 saturated carbocycles. The molecule has 2 rings (SSSR count). The summed E-state index contributed by atoms with van der Waals surface area (Å²) >= 11 is 0. The van der Waals surface area contributed by atoms with Crippen molar-refractivity contribution in [2.75, 3.05) is 12.4 Å². The number of carbonyl (C=O) groups is 2. The lowest BCUT2D eigenvalue weighted by molar-refractivity contribution is -0.124. The Bertz CT molecular complexity index is 519. The highest BCUT2D eigenvalue weighted by atomic mass is 16.5. The van der Waals surface area contributed by atoms with Gasteiger partial charge < -0.3 is 10.1 Å². The number of hydrogen-bond donors (Lipinski definition) is 1. The number of amides is 1. The molecule has 1 atom stereocenters. The highest BCUT2D eigenvalue weighted by molar-refractivity contribution is 5.94. The van der Waals surface area contributed by atoms with Crippen LogP contribution in [0.3, 0.4) is 0 Å². The van der Waals surface area contributed by atoms with E-state index in [1.165, 1.54) is 13.5 Å². The molecule has 114 valence electrons. The van der Waals surface area contributed by atoms with Crippen LogP contribution in [0.1, 0.15) is 49.9 Å². The van der Waals surface area contributed by atoms with Crippen molar-refractivity contribution in [1.82, 2.24) is 0 Å². The van der Waals surface area contributed by atoms with Gasteiger partial charge in [0.1, 0.15) is 0 Å². The van der Waals surface area contributed by atoms with Crippen LogP contribution < -0.4 is 5.32 Å². The molecular formula is C17H23NO3. The molecule has 4 heteroatoms. The van der Waals surface area contributed by atoms with Gasteiger partial charge in [0, 0.05) is 11.6 Å². The number of nitrogens with one attached hydrogen (secondary N) is 1. The molecule has 21 heavy (non-hydrogen) atoms. The summed E-state index contributed by atoms with van der Waals surface area (Å²) in [5.74, 6) is -0.252. The van der Waals surface area contributed by atoms with Crippen LogP contribution in [0.2, 0.25) is 0 Å². The average Bonchev–Trinajstić information content (AvgIpc) is 2.46. The number of benzene rings is 1. The summed E-state index contributed by atoms with van der Waals surface area (Å²) in [6.45, 7) is 4.33. The van der Waals surface area contributed by atoms with Crippen LogP contribution in [-0.2, 0) is 9.53 Å². The van der Waals surface area contributed by atoms with E-state index in [0.29, 0.717) is 11.3 Å². The number of esters is 1. The first-order valence-electron chi connectivity index (χ1n) is 7.43. The van der Waals surface area contributed by atoms with Gasteiger partial charge >= 0.3 is 5.97 Å². The Morgan fingerprint density at radius 2 is 1.86 bits per heavy atom. The first kappa shape index (κ1) is 15.5. The minimum atomic E-state index is -0.374. The van der Waals surface area contributed by atoms with E-state index in [9.17, 15) is 9.59 Å². The molecule has 4 nitrogen and oxygen atoms in total. The predicted molar refractivity (Wildman–Crippen MR) is 82.2 cm³/mol. The van der Waals surface area contributed by atoms with Crippen LogP contribution in [0.15, 0.2) is 24.3 Å². The number of methoxy groups -OCH3 is 1. The van der Waals surface area contributed by atoms with Gasteiger partial charge in [-0.25, -0.2) is 4.79 Å². The second-order valence-corrected chi connectivity index (χ2v) is 6.35. The Morgan fingerprint density at radius 1 is 1.19 bits per heavy atom. The van der Waals surface area contributed by atoms with Crippen molar-refractivity contribution < 1.29 is 14.3 Å². The van der Waals surface area contributed by atoms with Crippen molar-refractivity contribution in [3.8, 4) is 0 Å². The van der Waals surface area contributed by atoms with E-state index in [1.54, 1.807) is 24.3 Å². The van der Waals surface area contributed by atoms with E-state index in [1.807, 2.05) is 0 Å². The lowest BCUT2D eigenvalue weighted by atomic mass is 9.68. The van der Waals surface area contributed by atoms with E-state index in [-0.39, 0.29) is 23.2 Å². The number of anilines is 1. The normalized spacial score (nSPS) is 20.6. The molecule has 0 bridgehead atoms. The third-order valence-electron chi connectivity index (χ3n) is 4.40. The molecular weight excluding hydrogens is 266 g/mol. The van der Waals surface area contributed by atoms with Crippen LogP contribution in [0.25, 0.3) is 0 Å². The quantitative estimate of drug-likeness (QED) is 0.864. The molecule has 0 radical (unpaired) electrons. The van der Waals surface area contributed by atoms with Gasteiger partial charge in [0.25, 0.3) is 0 Å². The molecule has 1 unspecified atom stereocenters. The standard InChI is InChI=1S/C17H23NO3/c1-17(2)11-5-4-6-14(17)15(19)18-13-9-7-12(8-10-13)16(20)21-3/h7-10,14H,4-6,11H2,1-3H3,(H,18,19). The molecule has 0 saturated heterocycles. The zero-order valence-corrected chi connectivity index (χ0v) is 12.9. The monoisotopic (exact) mass is 289 g/mol. The van der Waals surface area contributed by atoms with Crippen LogP contribution >= 0.6 is 0 Å². The molecule has 0 aromatic heterocycles. The van der Waals surface area contributed by atoms with Crippen LogP contribution in [0.4, 0.5) is 5.69 Å². The smallest absolute Gasteiger partial charge is 0.337 e. The largest absolute Gasteiger partial charge is 0.465 e. The predicted octanol–water partition coefficient (Wildman–Crippen LogP) is 3.63. The van der Waals surface area contributed by atoms with E-state index in [0.717, 1.165) is 19.3 Å². The third kappa shape index (κ3) is 3.63. The summed E-state index contributed by atoms with van der Waals surface area (Å²) in [6, 6.07) is 6.79. The van der Waals surface area contributed by atoms with E-state index < -0.39 is 0 Å². The van der Waals surface area contributed by atoms with Crippen LogP contribution in [-0.4, -0.2) is 19.0 Å². The van der Waals surface area contributed by atoms with Crippen molar-refractivity contribution >= 4 is 17.6 Å². The minimum Gasteiger partial charge on any atom is -0.465 e. The summed E-state index contributed by atoms with van der Waals surface area (Å²) in [7, 11) is 1.35. The molecule has 1 amide bonds. The fraction of sp³-hybridized carbons (Fsp3) is 0.529. The topological polar surface area (TPSA) is 55.4 Å². The van der Waals surface area contributed by atoms with Gasteiger partial charge in [-0.2, -0.15) is 0 Å². The average molecular weight is 289 g/mol. The van der Waals surface area contributed by atoms with Crippen LogP contribution in [0.5, 0.6) is 0 Å². The Balaban J connectivity index is 2.04.